The summed E-state index contributed by atoms with van der Waals surface area (Å²) in [4.78, 5) is 3.41. The zero-order valence-corrected chi connectivity index (χ0v) is 12.3. The van der Waals surface area contributed by atoms with E-state index < -0.39 is 12.1 Å². The van der Waals surface area contributed by atoms with E-state index in [4.69, 9.17) is 18.9 Å². The van der Waals surface area contributed by atoms with Crippen LogP contribution in [0.25, 0.3) is 10.9 Å². The van der Waals surface area contributed by atoms with Crippen molar-refractivity contribution in [2.24, 2.45) is 0 Å². The highest BCUT2D eigenvalue weighted by atomic mass is 16.8. The van der Waals surface area contributed by atoms with Crippen molar-refractivity contribution < 1.29 is 18.9 Å². The first-order chi connectivity index (χ1) is 10.1. The lowest BCUT2D eigenvalue weighted by molar-refractivity contribution is -0.228. The zero-order valence-electron chi connectivity index (χ0n) is 12.3. The third kappa shape index (κ3) is 2.08. The second-order valence-electron chi connectivity index (χ2n) is 6.04. The standard InChI is InChI=1S/C16H19NO4/c1-16(2)20-13-12(19-15(18-3)14(13)21-16)11-8-9-6-4-5-7-10(9)17-11/h4-8,12-15,17H,1-3H3/t12-,13-,14-,15-/m1/s1. The van der Waals surface area contributed by atoms with Gasteiger partial charge in [-0.15, -0.1) is 0 Å². The van der Waals surface area contributed by atoms with Crippen LogP contribution in [0, 0.1) is 0 Å². The smallest absolute Gasteiger partial charge is 0.187 e. The molecule has 4 atom stereocenters. The maximum absolute atomic E-state index is 6.02. The summed E-state index contributed by atoms with van der Waals surface area (Å²) in [7, 11) is 1.63. The normalized spacial score (nSPS) is 34.4. The maximum atomic E-state index is 6.02. The van der Waals surface area contributed by atoms with Gasteiger partial charge in [-0.2, -0.15) is 0 Å². The lowest BCUT2D eigenvalue weighted by Gasteiger charge is -2.23. The van der Waals surface area contributed by atoms with Gasteiger partial charge in [0.15, 0.2) is 12.1 Å². The predicted octanol–water partition coefficient (Wildman–Crippen LogP) is 2.73. The molecule has 0 saturated carbocycles. The van der Waals surface area contributed by atoms with Crippen molar-refractivity contribution in [2.75, 3.05) is 7.11 Å². The predicted molar refractivity (Wildman–Crippen MR) is 76.7 cm³/mol. The van der Waals surface area contributed by atoms with Crippen molar-refractivity contribution in [1.29, 1.82) is 0 Å². The maximum Gasteiger partial charge on any atom is 0.187 e. The van der Waals surface area contributed by atoms with Crippen molar-refractivity contribution in [3.05, 3.63) is 36.0 Å². The first kappa shape index (κ1) is 13.3. The Morgan fingerprint density at radius 1 is 1.14 bits per heavy atom. The van der Waals surface area contributed by atoms with Gasteiger partial charge >= 0.3 is 0 Å². The minimum atomic E-state index is -0.611. The van der Waals surface area contributed by atoms with Crippen molar-refractivity contribution in [1.82, 2.24) is 4.98 Å². The van der Waals surface area contributed by atoms with E-state index in [9.17, 15) is 0 Å². The molecular weight excluding hydrogens is 270 g/mol. The summed E-state index contributed by atoms with van der Waals surface area (Å²) in [5.41, 5.74) is 2.08. The number of nitrogens with one attached hydrogen (secondary N) is 1. The topological polar surface area (TPSA) is 52.7 Å². The second kappa shape index (κ2) is 4.55. The number of rotatable bonds is 2. The number of benzene rings is 1. The van der Waals surface area contributed by atoms with Crippen LogP contribution in [0.2, 0.25) is 0 Å². The van der Waals surface area contributed by atoms with Gasteiger partial charge in [-0.25, -0.2) is 0 Å². The van der Waals surface area contributed by atoms with Gasteiger partial charge in [0, 0.05) is 18.3 Å². The van der Waals surface area contributed by atoms with Crippen LogP contribution in [0.15, 0.2) is 30.3 Å². The van der Waals surface area contributed by atoms with E-state index in [2.05, 4.69) is 23.2 Å². The molecular formula is C16H19NO4. The van der Waals surface area contributed by atoms with Crippen LogP contribution >= 0.6 is 0 Å². The fraction of sp³-hybridized carbons (Fsp3) is 0.500. The lowest BCUT2D eigenvalue weighted by Crippen LogP contribution is -2.30. The van der Waals surface area contributed by atoms with E-state index in [1.54, 1.807) is 7.11 Å². The molecule has 5 heteroatoms. The Bertz CT molecular complexity index is 632. The molecule has 1 aromatic heterocycles. The fourth-order valence-electron chi connectivity index (χ4n) is 3.25. The van der Waals surface area contributed by atoms with Gasteiger partial charge in [0.2, 0.25) is 0 Å². The van der Waals surface area contributed by atoms with Crippen molar-refractivity contribution in [3.8, 4) is 0 Å². The Morgan fingerprint density at radius 2 is 1.90 bits per heavy atom. The number of ether oxygens (including phenoxy) is 4. The molecule has 3 heterocycles. The molecule has 4 rings (SSSR count). The minimum absolute atomic E-state index is 0.169. The minimum Gasteiger partial charge on any atom is -0.356 e. The van der Waals surface area contributed by atoms with Gasteiger partial charge in [-0.05, 0) is 31.4 Å². The van der Waals surface area contributed by atoms with Gasteiger partial charge in [-0.1, -0.05) is 18.2 Å². The summed E-state index contributed by atoms with van der Waals surface area (Å²) in [6.45, 7) is 3.83. The number of fused-ring (bicyclic) bond motifs is 2. The highest BCUT2D eigenvalue weighted by Gasteiger charge is 2.56. The average Bonchev–Trinajstić information content (AvgIpc) is 3.08. The summed E-state index contributed by atoms with van der Waals surface area (Å²) in [5, 5.41) is 1.16. The average molecular weight is 289 g/mol. The summed E-state index contributed by atoms with van der Waals surface area (Å²) >= 11 is 0. The highest BCUT2D eigenvalue weighted by molar-refractivity contribution is 5.80. The number of H-pyrrole nitrogens is 1. The van der Waals surface area contributed by atoms with E-state index in [0.29, 0.717) is 0 Å². The zero-order chi connectivity index (χ0) is 14.6. The van der Waals surface area contributed by atoms with Crippen LogP contribution < -0.4 is 0 Å². The molecule has 2 fully saturated rings. The number of para-hydroxylation sites is 1. The van der Waals surface area contributed by atoms with E-state index in [0.717, 1.165) is 16.6 Å². The molecule has 2 aromatic rings. The molecule has 0 aliphatic carbocycles. The highest BCUT2D eigenvalue weighted by Crippen LogP contribution is 2.45. The SMILES string of the molecule is CO[C@@H]1O[C@H](c2cc3ccccc3[nH]2)[C@H]2OC(C)(C)O[C@@H]12. The summed E-state index contributed by atoms with van der Waals surface area (Å²) < 4.78 is 23.3. The van der Waals surface area contributed by atoms with Crippen molar-refractivity contribution >= 4 is 10.9 Å². The molecule has 1 N–H and O–H groups in total. The first-order valence-electron chi connectivity index (χ1n) is 7.19. The Labute approximate surface area is 123 Å². The quantitative estimate of drug-likeness (QED) is 0.923. The number of hydrogen-bond donors (Lipinski definition) is 1. The third-order valence-corrected chi connectivity index (χ3v) is 4.10. The third-order valence-electron chi connectivity index (χ3n) is 4.10. The number of hydrogen-bond acceptors (Lipinski definition) is 4. The van der Waals surface area contributed by atoms with E-state index in [1.165, 1.54) is 0 Å². The van der Waals surface area contributed by atoms with Gasteiger partial charge in [0.1, 0.15) is 18.3 Å². The van der Waals surface area contributed by atoms with E-state index in [-0.39, 0.29) is 18.3 Å². The largest absolute Gasteiger partial charge is 0.356 e. The van der Waals surface area contributed by atoms with Gasteiger partial charge < -0.3 is 23.9 Å². The molecule has 0 bridgehead atoms. The Balaban J connectivity index is 1.71. The molecule has 21 heavy (non-hydrogen) atoms. The van der Waals surface area contributed by atoms with Crippen LogP contribution in [0.3, 0.4) is 0 Å². The molecule has 0 amide bonds. The van der Waals surface area contributed by atoms with E-state index in [1.807, 2.05) is 26.0 Å². The second-order valence-corrected chi connectivity index (χ2v) is 6.04. The molecule has 1 aromatic carbocycles. The van der Waals surface area contributed by atoms with Crippen LogP contribution in [0.1, 0.15) is 25.6 Å². The first-order valence-corrected chi connectivity index (χ1v) is 7.19. The Hall–Kier alpha value is -1.40. The van der Waals surface area contributed by atoms with Crippen LogP contribution in [0.5, 0.6) is 0 Å². The molecule has 0 spiro atoms. The Morgan fingerprint density at radius 3 is 2.67 bits per heavy atom. The number of aromatic nitrogens is 1. The lowest BCUT2D eigenvalue weighted by atomic mass is 10.1. The van der Waals surface area contributed by atoms with Gasteiger partial charge in [0.05, 0.1) is 0 Å². The molecule has 2 aliphatic rings. The molecule has 5 nitrogen and oxygen atoms in total. The number of aromatic amines is 1. The van der Waals surface area contributed by atoms with Crippen molar-refractivity contribution in [2.45, 2.75) is 44.2 Å². The monoisotopic (exact) mass is 289 g/mol. The van der Waals surface area contributed by atoms with E-state index >= 15 is 0 Å². The summed E-state index contributed by atoms with van der Waals surface area (Å²) in [5.74, 6) is -0.611. The molecule has 0 radical (unpaired) electrons. The number of methoxy groups -OCH3 is 1. The molecule has 2 saturated heterocycles. The summed E-state index contributed by atoms with van der Waals surface area (Å²) in [6.07, 6.45) is -0.998. The molecule has 0 unspecified atom stereocenters. The molecule has 112 valence electrons. The Kier molecular flexibility index (Phi) is 2.87. The van der Waals surface area contributed by atoms with Crippen LogP contribution in [-0.2, 0) is 18.9 Å². The summed E-state index contributed by atoms with van der Waals surface area (Å²) in [6, 6.07) is 10.3. The molecule has 2 aliphatic heterocycles. The van der Waals surface area contributed by atoms with Gasteiger partial charge in [-0.3, -0.25) is 0 Å². The van der Waals surface area contributed by atoms with Crippen molar-refractivity contribution in [3.63, 3.8) is 0 Å². The van der Waals surface area contributed by atoms with Gasteiger partial charge in [0.25, 0.3) is 0 Å². The van der Waals surface area contributed by atoms with Crippen LogP contribution in [-0.4, -0.2) is 36.4 Å². The van der Waals surface area contributed by atoms with Crippen LogP contribution in [0.4, 0.5) is 0 Å². The fourth-order valence-corrected chi connectivity index (χ4v) is 3.25.